The molecule has 1 aromatic rings. The first-order chi connectivity index (χ1) is 13.1. The van der Waals surface area contributed by atoms with Crippen LogP contribution in [0.4, 0.5) is 13.2 Å². The van der Waals surface area contributed by atoms with Gasteiger partial charge in [0.05, 0.1) is 16.4 Å². The van der Waals surface area contributed by atoms with Crippen LogP contribution in [0.3, 0.4) is 0 Å². The Kier molecular flexibility index (Phi) is 7.49. The third-order valence-corrected chi connectivity index (χ3v) is 6.29. The molecule has 1 rings (SSSR count). The summed E-state index contributed by atoms with van der Waals surface area (Å²) in [6, 6.07) is 0.848. The Morgan fingerprint density at radius 2 is 1.45 bits per heavy atom. The molecule has 0 spiro atoms. The zero-order valence-corrected chi connectivity index (χ0v) is 17.6. The third-order valence-electron chi connectivity index (χ3n) is 6.29. The summed E-state index contributed by atoms with van der Waals surface area (Å²) >= 11 is 0. The Morgan fingerprint density at radius 3 is 1.86 bits per heavy atom. The van der Waals surface area contributed by atoms with Crippen molar-refractivity contribution in [3.05, 3.63) is 29.6 Å². The maximum Gasteiger partial charge on any atom is 0.417 e. The Bertz CT molecular complexity index is 742. The maximum atomic E-state index is 13.0. The predicted octanol–water partition coefficient (Wildman–Crippen LogP) is 5.53. The summed E-state index contributed by atoms with van der Waals surface area (Å²) in [6.07, 6.45) is -1.42. The standard InChI is InChI=1S/C21H30F3NO4/c1-6-20(17(28)29,14-11-15(13-25-12-14)21(22,23)24)10-8-7-9-19(5,16(26)27)18(2,3)4/h11-13H,6-10H2,1-5H3,(H,26,27)(H,28,29). The zero-order chi connectivity index (χ0) is 22.7. The summed E-state index contributed by atoms with van der Waals surface area (Å²) < 4.78 is 39.1. The van der Waals surface area contributed by atoms with E-state index in [0.29, 0.717) is 25.5 Å². The molecule has 0 bridgehead atoms. The molecule has 0 saturated heterocycles. The lowest BCUT2D eigenvalue weighted by molar-refractivity contribution is -0.155. The fourth-order valence-electron chi connectivity index (χ4n) is 3.47. The average Bonchev–Trinajstić information content (AvgIpc) is 2.59. The van der Waals surface area contributed by atoms with Gasteiger partial charge in [-0.2, -0.15) is 13.2 Å². The van der Waals surface area contributed by atoms with Gasteiger partial charge in [-0.1, -0.05) is 40.5 Å². The van der Waals surface area contributed by atoms with E-state index in [2.05, 4.69) is 4.98 Å². The molecule has 2 atom stereocenters. The second kappa shape index (κ2) is 8.71. The van der Waals surface area contributed by atoms with E-state index in [9.17, 15) is 33.0 Å². The number of alkyl halides is 3. The van der Waals surface area contributed by atoms with Crippen molar-refractivity contribution in [1.82, 2.24) is 4.98 Å². The van der Waals surface area contributed by atoms with Gasteiger partial charge in [0.1, 0.15) is 0 Å². The largest absolute Gasteiger partial charge is 0.481 e. The van der Waals surface area contributed by atoms with Crippen molar-refractivity contribution < 1.29 is 33.0 Å². The molecular weight excluding hydrogens is 387 g/mol. The minimum absolute atomic E-state index is 0.0131. The smallest absolute Gasteiger partial charge is 0.417 e. The normalized spacial score (nSPS) is 16.7. The molecule has 1 aromatic heterocycles. The number of unbranched alkanes of at least 4 members (excludes halogenated alkanes) is 1. The monoisotopic (exact) mass is 417 g/mol. The van der Waals surface area contributed by atoms with Crippen molar-refractivity contribution in [1.29, 1.82) is 0 Å². The zero-order valence-electron chi connectivity index (χ0n) is 17.6. The topological polar surface area (TPSA) is 87.5 Å². The highest BCUT2D eigenvalue weighted by molar-refractivity contribution is 5.81. The van der Waals surface area contributed by atoms with E-state index in [1.807, 2.05) is 20.8 Å². The maximum absolute atomic E-state index is 13.0. The first kappa shape index (κ1) is 24.9. The molecule has 0 amide bonds. The van der Waals surface area contributed by atoms with Crippen LogP contribution in [0.5, 0.6) is 0 Å². The van der Waals surface area contributed by atoms with Crippen LogP contribution in [-0.2, 0) is 21.2 Å². The number of pyridine rings is 1. The molecule has 8 heteroatoms. The highest BCUT2D eigenvalue weighted by Crippen LogP contribution is 2.44. The summed E-state index contributed by atoms with van der Waals surface area (Å²) in [4.78, 5) is 27.4. The van der Waals surface area contributed by atoms with E-state index in [1.54, 1.807) is 13.8 Å². The van der Waals surface area contributed by atoms with Crippen LogP contribution in [0.25, 0.3) is 0 Å². The molecule has 164 valence electrons. The molecule has 0 saturated carbocycles. The number of nitrogens with zero attached hydrogens (tertiary/aromatic N) is 1. The Hall–Kier alpha value is -2.12. The number of carbonyl (C=O) groups is 2. The molecule has 2 N–H and O–H groups in total. The van der Waals surface area contributed by atoms with Gasteiger partial charge >= 0.3 is 18.1 Å². The molecular formula is C21H30F3NO4. The van der Waals surface area contributed by atoms with Crippen LogP contribution >= 0.6 is 0 Å². The SMILES string of the molecule is CCC(CCCCC(C)(C(=O)O)C(C)(C)C)(C(=O)O)c1cncc(C(F)(F)F)c1. The average molecular weight is 417 g/mol. The molecule has 0 aliphatic heterocycles. The van der Waals surface area contributed by atoms with E-state index in [4.69, 9.17) is 0 Å². The minimum atomic E-state index is -4.61. The number of halogens is 3. The van der Waals surface area contributed by atoms with Gasteiger partial charge in [0.2, 0.25) is 0 Å². The lowest BCUT2D eigenvalue weighted by Crippen LogP contribution is -2.40. The van der Waals surface area contributed by atoms with Crippen molar-refractivity contribution in [3.8, 4) is 0 Å². The number of hydrogen-bond donors (Lipinski definition) is 2. The molecule has 29 heavy (non-hydrogen) atoms. The summed E-state index contributed by atoms with van der Waals surface area (Å²) in [6.45, 7) is 8.79. The summed E-state index contributed by atoms with van der Waals surface area (Å²) in [5.74, 6) is -2.13. The highest BCUT2D eigenvalue weighted by atomic mass is 19.4. The van der Waals surface area contributed by atoms with Gasteiger partial charge in [0.25, 0.3) is 0 Å². The van der Waals surface area contributed by atoms with Crippen molar-refractivity contribution in [2.24, 2.45) is 10.8 Å². The van der Waals surface area contributed by atoms with E-state index < -0.39 is 39.9 Å². The second-order valence-electron chi connectivity index (χ2n) is 8.80. The number of carboxylic acid groups (broad SMARTS) is 2. The van der Waals surface area contributed by atoms with Crippen molar-refractivity contribution in [2.75, 3.05) is 0 Å². The number of hydrogen-bond acceptors (Lipinski definition) is 3. The molecule has 0 aromatic carbocycles. The van der Waals surface area contributed by atoms with Crippen molar-refractivity contribution in [2.45, 2.75) is 78.3 Å². The van der Waals surface area contributed by atoms with Crippen LogP contribution in [0, 0.1) is 10.8 Å². The summed E-state index contributed by atoms with van der Waals surface area (Å²) in [5.41, 5.74) is -3.98. The lowest BCUT2D eigenvalue weighted by atomic mass is 9.65. The first-order valence-corrected chi connectivity index (χ1v) is 9.61. The van der Waals surface area contributed by atoms with E-state index in [-0.39, 0.29) is 18.4 Å². The van der Waals surface area contributed by atoms with Gasteiger partial charge in [0, 0.05) is 12.4 Å². The van der Waals surface area contributed by atoms with Gasteiger partial charge in [-0.25, -0.2) is 0 Å². The highest BCUT2D eigenvalue weighted by Gasteiger charge is 2.45. The van der Waals surface area contributed by atoms with E-state index >= 15 is 0 Å². The van der Waals surface area contributed by atoms with Gasteiger partial charge in [0.15, 0.2) is 0 Å². The molecule has 5 nitrogen and oxygen atoms in total. The van der Waals surface area contributed by atoms with Crippen LogP contribution in [0.1, 0.15) is 77.8 Å². The third kappa shape index (κ3) is 5.28. The molecule has 1 heterocycles. The van der Waals surface area contributed by atoms with Crippen LogP contribution in [0.2, 0.25) is 0 Å². The quantitative estimate of drug-likeness (QED) is 0.516. The van der Waals surface area contributed by atoms with E-state index in [0.717, 1.165) is 6.07 Å². The molecule has 0 aliphatic rings. The van der Waals surface area contributed by atoms with Crippen LogP contribution < -0.4 is 0 Å². The second-order valence-corrected chi connectivity index (χ2v) is 8.80. The molecule has 0 aliphatic carbocycles. The lowest BCUT2D eigenvalue weighted by Gasteiger charge is -2.38. The number of aliphatic carboxylic acids is 2. The fraction of sp³-hybridized carbons (Fsp3) is 0.667. The molecule has 0 radical (unpaired) electrons. The molecule has 2 unspecified atom stereocenters. The van der Waals surface area contributed by atoms with Gasteiger partial charge in [-0.15, -0.1) is 0 Å². The first-order valence-electron chi connectivity index (χ1n) is 9.61. The van der Waals surface area contributed by atoms with Gasteiger partial charge < -0.3 is 10.2 Å². The van der Waals surface area contributed by atoms with Gasteiger partial charge in [-0.3, -0.25) is 14.6 Å². The number of carboxylic acids is 2. The van der Waals surface area contributed by atoms with Crippen LogP contribution in [-0.4, -0.2) is 27.1 Å². The Balaban J connectivity index is 3.08. The molecule has 0 fully saturated rings. The van der Waals surface area contributed by atoms with Crippen LogP contribution in [0.15, 0.2) is 18.5 Å². The predicted molar refractivity (Wildman–Crippen MR) is 103 cm³/mol. The minimum Gasteiger partial charge on any atom is -0.481 e. The van der Waals surface area contributed by atoms with Crippen molar-refractivity contribution in [3.63, 3.8) is 0 Å². The van der Waals surface area contributed by atoms with E-state index in [1.165, 1.54) is 6.20 Å². The fourth-order valence-corrected chi connectivity index (χ4v) is 3.47. The van der Waals surface area contributed by atoms with Gasteiger partial charge in [-0.05, 0) is 43.2 Å². The number of rotatable bonds is 9. The summed E-state index contributed by atoms with van der Waals surface area (Å²) in [5, 5.41) is 19.5. The number of aromatic nitrogens is 1. The Labute approximate surface area is 169 Å². The van der Waals surface area contributed by atoms with Crippen molar-refractivity contribution >= 4 is 11.9 Å². The Morgan fingerprint density at radius 1 is 0.931 bits per heavy atom. The summed E-state index contributed by atoms with van der Waals surface area (Å²) in [7, 11) is 0.